The number of aliphatic hydroxyl groups excluding tert-OH is 3. The number of terminal acetylenes is 1. The third-order valence-electron chi connectivity index (χ3n) is 3.13. The number of aromatic nitrogens is 2. The second-order valence-corrected chi connectivity index (χ2v) is 4.43. The maximum Gasteiger partial charge on any atom is 0.330 e. The molecule has 0 amide bonds. The summed E-state index contributed by atoms with van der Waals surface area (Å²) in [5.41, 5.74) is -1.26. The quantitative estimate of drug-likeness (QED) is 0.448. The Morgan fingerprint density at radius 1 is 1.40 bits per heavy atom. The van der Waals surface area contributed by atoms with Crippen molar-refractivity contribution < 1.29 is 20.1 Å². The van der Waals surface area contributed by atoms with Crippen LogP contribution in [0, 0.1) is 12.3 Å². The number of rotatable bonds is 3. The van der Waals surface area contributed by atoms with E-state index in [2.05, 4.69) is 10.9 Å². The van der Waals surface area contributed by atoms with Crippen LogP contribution in [0.3, 0.4) is 0 Å². The summed E-state index contributed by atoms with van der Waals surface area (Å²) in [6, 6.07) is 0. The van der Waals surface area contributed by atoms with Gasteiger partial charge in [-0.1, -0.05) is 0 Å². The lowest BCUT2D eigenvalue weighted by Crippen LogP contribution is -2.38. The fraction of sp³-hybridized carbons (Fsp3) is 0.500. The second-order valence-electron chi connectivity index (χ2n) is 4.43. The van der Waals surface area contributed by atoms with Crippen LogP contribution in [0.2, 0.25) is 0 Å². The first-order valence-electron chi connectivity index (χ1n) is 5.89. The molecule has 0 aromatic carbocycles. The molecule has 0 radical (unpaired) electrons. The first-order valence-corrected chi connectivity index (χ1v) is 5.89. The molecule has 8 heteroatoms. The van der Waals surface area contributed by atoms with Gasteiger partial charge < -0.3 is 20.1 Å². The number of H-pyrrole nitrogens is 1. The van der Waals surface area contributed by atoms with E-state index in [9.17, 15) is 19.8 Å². The van der Waals surface area contributed by atoms with Crippen LogP contribution in [0.25, 0.3) is 0 Å². The van der Waals surface area contributed by atoms with E-state index >= 15 is 0 Å². The van der Waals surface area contributed by atoms with Crippen molar-refractivity contribution in [2.45, 2.75) is 31.0 Å². The van der Waals surface area contributed by atoms with E-state index in [1.807, 2.05) is 0 Å². The molecule has 0 bridgehead atoms. The predicted octanol–water partition coefficient (Wildman–Crippen LogP) is -2.68. The molecular formula is C12H14N2O6. The Balaban J connectivity index is 2.43. The van der Waals surface area contributed by atoms with Gasteiger partial charge in [0.25, 0.3) is 5.56 Å². The summed E-state index contributed by atoms with van der Waals surface area (Å²) < 4.78 is 6.16. The van der Waals surface area contributed by atoms with Gasteiger partial charge in [0.2, 0.25) is 0 Å². The fourth-order valence-corrected chi connectivity index (χ4v) is 2.06. The van der Waals surface area contributed by atoms with Crippen LogP contribution < -0.4 is 11.2 Å². The molecule has 0 spiro atoms. The van der Waals surface area contributed by atoms with Gasteiger partial charge >= 0.3 is 5.69 Å². The maximum absolute atomic E-state index is 11.8. The Bertz CT molecular complexity index is 643. The minimum Gasteiger partial charge on any atom is -0.394 e. The summed E-state index contributed by atoms with van der Waals surface area (Å²) in [5.74, 6) is 2.27. The van der Waals surface area contributed by atoms with Crippen molar-refractivity contribution >= 4 is 0 Å². The highest BCUT2D eigenvalue weighted by Gasteiger charge is 2.43. The molecule has 8 nitrogen and oxygen atoms in total. The standard InChI is InChI=1S/C12H14N2O6/c1-2-3-6-4-14(12(19)13-10(6)18)11-9(17)8(16)7(5-15)20-11/h1,4,7-9,11,15-17H,3,5H2,(H,13,18,19)/t7-,8-,9-,11-/m1/s1. The maximum atomic E-state index is 11.8. The molecule has 1 aliphatic heterocycles. The van der Waals surface area contributed by atoms with E-state index in [0.717, 1.165) is 4.57 Å². The summed E-state index contributed by atoms with van der Waals surface area (Å²) in [6.07, 6.45) is 1.35. The van der Waals surface area contributed by atoms with Gasteiger partial charge in [-0.3, -0.25) is 14.3 Å². The third-order valence-corrected chi connectivity index (χ3v) is 3.13. The van der Waals surface area contributed by atoms with Gasteiger partial charge in [-0.05, 0) is 0 Å². The van der Waals surface area contributed by atoms with Crippen molar-refractivity contribution in [1.29, 1.82) is 0 Å². The zero-order valence-corrected chi connectivity index (χ0v) is 10.4. The number of aliphatic hydroxyl groups is 3. The third kappa shape index (κ3) is 2.39. The van der Waals surface area contributed by atoms with Gasteiger partial charge in [0.05, 0.1) is 6.61 Å². The van der Waals surface area contributed by atoms with Crippen molar-refractivity contribution in [3.8, 4) is 12.3 Å². The summed E-state index contributed by atoms with van der Waals surface area (Å²) in [7, 11) is 0. The van der Waals surface area contributed by atoms with E-state index in [0.29, 0.717) is 0 Å². The molecule has 4 N–H and O–H groups in total. The lowest BCUT2D eigenvalue weighted by atomic mass is 10.1. The molecule has 0 saturated carbocycles. The normalized spacial score (nSPS) is 29.3. The highest BCUT2D eigenvalue weighted by molar-refractivity contribution is 5.12. The molecule has 4 atom stereocenters. The van der Waals surface area contributed by atoms with Crippen LogP contribution in [0.4, 0.5) is 0 Å². The zero-order chi connectivity index (χ0) is 14.9. The molecule has 1 aliphatic rings. The molecule has 1 aromatic heterocycles. The molecular weight excluding hydrogens is 268 g/mol. The van der Waals surface area contributed by atoms with Crippen molar-refractivity contribution in [3.63, 3.8) is 0 Å². The Labute approximate surface area is 113 Å². The highest BCUT2D eigenvalue weighted by Crippen LogP contribution is 2.27. The van der Waals surface area contributed by atoms with Gasteiger partial charge in [-0.25, -0.2) is 4.79 Å². The van der Waals surface area contributed by atoms with E-state index in [-0.39, 0.29) is 12.0 Å². The van der Waals surface area contributed by atoms with E-state index in [1.165, 1.54) is 6.20 Å². The summed E-state index contributed by atoms with van der Waals surface area (Å²) in [6.45, 7) is -0.510. The molecule has 0 unspecified atom stereocenters. The molecule has 108 valence electrons. The minimum absolute atomic E-state index is 0.00438. The second kappa shape index (κ2) is 5.60. The number of aromatic amines is 1. The van der Waals surface area contributed by atoms with Crippen molar-refractivity contribution in [3.05, 3.63) is 32.6 Å². The molecule has 20 heavy (non-hydrogen) atoms. The average molecular weight is 282 g/mol. The van der Waals surface area contributed by atoms with E-state index in [1.54, 1.807) is 0 Å². The first-order chi connectivity index (χ1) is 9.49. The Kier molecular flexibility index (Phi) is 4.06. The van der Waals surface area contributed by atoms with Gasteiger partial charge in [-0.2, -0.15) is 0 Å². The lowest BCUT2D eigenvalue weighted by Gasteiger charge is -2.17. The highest BCUT2D eigenvalue weighted by atomic mass is 16.6. The molecule has 1 fully saturated rings. The van der Waals surface area contributed by atoms with Crippen LogP contribution in [-0.2, 0) is 11.2 Å². The topological polar surface area (TPSA) is 125 Å². The lowest BCUT2D eigenvalue weighted by molar-refractivity contribution is -0.0551. The number of nitrogens with zero attached hydrogens (tertiary/aromatic N) is 1. The number of hydrogen-bond donors (Lipinski definition) is 4. The number of ether oxygens (including phenoxy) is 1. The van der Waals surface area contributed by atoms with Crippen LogP contribution in [-0.4, -0.2) is 49.8 Å². The van der Waals surface area contributed by atoms with Crippen molar-refractivity contribution in [2.24, 2.45) is 0 Å². The summed E-state index contributed by atoms with van der Waals surface area (Å²) in [5, 5.41) is 28.5. The molecule has 0 aliphatic carbocycles. The number of hydrogen-bond acceptors (Lipinski definition) is 6. The van der Waals surface area contributed by atoms with Gasteiger partial charge in [0.1, 0.15) is 18.3 Å². The SMILES string of the molecule is C#CCc1cn([C@@H]2O[C@H](CO)[C@@H](O)[C@H]2O)c(=O)[nH]c1=O. The Morgan fingerprint density at radius 3 is 2.65 bits per heavy atom. The minimum atomic E-state index is -1.41. The Hall–Kier alpha value is -1.92. The molecule has 1 aromatic rings. The monoisotopic (exact) mass is 282 g/mol. The number of nitrogens with one attached hydrogen (secondary N) is 1. The predicted molar refractivity (Wildman–Crippen MR) is 66.9 cm³/mol. The first kappa shape index (κ1) is 14.5. The van der Waals surface area contributed by atoms with E-state index < -0.39 is 42.4 Å². The summed E-state index contributed by atoms with van der Waals surface area (Å²) >= 11 is 0. The smallest absolute Gasteiger partial charge is 0.330 e. The van der Waals surface area contributed by atoms with Crippen LogP contribution in [0.5, 0.6) is 0 Å². The van der Waals surface area contributed by atoms with E-state index in [4.69, 9.17) is 16.3 Å². The van der Waals surface area contributed by atoms with Crippen LogP contribution >= 0.6 is 0 Å². The summed E-state index contributed by atoms with van der Waals surface area (Å²) in [4.78, 5) is 25.3. The van der Waals surface area contributed by atoms with Crippen molar-refractivity contribution in [2.75, 3.05) is 6.61 Å². The fourth-order valence-electron chi connectivity index (χ4n) is 2.06. The Morgan fingerprint density at radius 2 is 2.10 bits per heavy atom. The van der Waals surface area contributed by atoms with Crippen LogP contribution in [0.15, 0.2) is 15.8 Å². The average Bonchev–Trinajstić information content (AvgIpc) is 2.70. The van der Waals surface area contributed by atoms with Gasteiger partial charge in [0, 0.05) is 18.2 Å². The van der Waals surface area contributed by atoms with Gasteiger partial charge in [0.15, 0.2) is 6.23 Å². The largest absolute Gasteiger partial charge is 0.394 e. The molecule has 2 heterocycles. The van der Waals surface area contributed by atoms with Gasteiger partial charge in [-0.15, -0.1) is 12.3 Å². The van der Waals surface area contributed by atoms with Crippen molar-refractivity contribution in [1.82, 2.24) is 9.55 Å². The molecule has 1 saturated heterocycles. The van der Waals surface area contributed by atoms with Crippen LogP contribution in [0.1, 0.15) is 11.8 Å². The molecule has 2 rings (SSSR count). The zero-order valence-electron chi connectivity index (χ0n) is 10.4.